The van der Waals surface area contributed by atoms with Gasteiger partial charge in [-0.25, -0.2) is 9.59 Å². The zero-order valence-electron chi connectivity index (χ0n) is 12.2. The van der Waals surface area contributed by atoms with Gasteiger partial charge in [-0.2, -0.15) is 0 Å². The first-order valence-electron chi connectivity index (χ1n) is 7.46. The number of hydrogen-bond donors (Lipinski definition) is 1. The van der Waals surface area contributed by atoms with E-state index in [4.69, 9.17) is 0 Å². The van der Waals surface area contributed by atoms with Gasteiger partial charge in [0.2, 0.25) is 0 Å². The lowest BCUT2D eigenvalue weighted by Crippen LogP contribution is -2.53. The van der Waals surface area contributed by atoms with Crippen LogP contribution in [0.4, 0.5) is 4.79 Å². The first-order valence-corrected chi connectivity index (χ1v) is 8.51. The van der Waals surface area contributed by atoms with Crippen molar-refractivity contribution in [3.8, 4) is 0 Å². The predicted molar refractivity (Wildman–Crippen MR) is 79.8 cm³/mol. The molecule has 2 heterocycles. The molecule has 2 fully saturated rings. The molecule has 2 rings (SSSR count). The summed E-state index contributed by atoms with van der Waals surface area (Å²) < 4.78 is 0. The summed E-state index contributed by atoms with van der Waals surface area (Å²) in [5.41, 5.74) is 0. The van der Waals surface area contributed by atoms with Gasteiger partial charge in [0.15, 0.2) is 0 Å². The predicted octanol–water partition coefficient (Wildman–Crippen LogP) is 2.47. The smallest absolute Gasteiger partial charge is 0.327 e. The number of carboxylic acid groups (broad SMARTS) is 1. The van der Waals surface area contributed by atoms with E-state index in [9.17, 15) is 14.7 Å². The highest BCUT2D eigenvalue weighted by atomic mass is 32.2. The Morgan fingerprint density at radius 3 is 2.75 bits per heavy atom. The van der Waals surface area contributed by atoms with E-state index < -0.39 is 12.0 Å². The second-order valence-corrected chi connectivity index (χ2v) is 7.02. The molecule has 0 saturated carbocycles. The lowest BCUT2D eigenvalue weighted by atomic mass is 10.0. The van der Waals surface area contributed by atoms with Crippen molar-refractivity contribution in [3.05, 3.63) is 0 Å². The summed E-state index contributed by atoms with van der Waals surface area (Å²) in [6.07, 6.45) is 4.00. The molecule has 2 amide bonds. The van der Waals surface area contributed by atoms with E-state index in [-0.39, 0.29) is 11.4 Å². The number of hydrogen-bond acceptors (Lipinski definition) is 3. The molecular weight excluding hydrogens is 276 g/mol. The number of piperidine rings is 1. The molecule has 3 atom stereocenters. The van der Waals surface area contributed by atoms with Gasteiger partial charge >= 0.3 is 12.0 Å². The van der Waals surface area contributed by atoms with Crippen molar-refractivity contribution >= 4 is 23.8 Å². The fourth-order valence-electron chi connectivity index (χ4n) is 3.01. The standard InChI is InChI=1S/C14H24N2O3S/c1-3-5-12-16(11(9-20-12)13(17)18)14(19)15-7-4-6-10(2)8-15/h10-12H,3-9H2,1-2H3,(H,17,18). The topological polar surface area (TPSA) is 60.9 Å². The molecule has 0 aromatic carbocycles. The zero-order valence-corrected chi connectivity index (χ0v) is 13.1. The molecule has 2 saturated heterocycles. The Labute approximate surface area is 124 Å². The fraction of sp³-hybridized carbons (Fsp3) is 0.857. The molecule has 0 spiro atoms. The molecule has 0 aliphatic carbocycles. The maximum Gasteiger partial charge on any atom is 0.327 e. The number of thioether (sulfide) groups is 1. The normalized spacial score (nSPS) is 30.6. The van der Waals surface area contributed by atoms with E-state index in [2.05, 4.69) is 13.8 Å². The van der Waals surface area contributed by atoms with Crippen LogP contribution < -0.4 is 0 Å². The maximum absolute atomic E-state index is 12.7. The number of amides is 2. The first kappa shape index (κ1) is 15.5. The van der Waals surface area contributed by atoms with Crippen molar-refractivity contribution in [1.82, 2.24) is 9.80 Å². The Balaban J connectivity index is 2.11. The monoisotopic (exact) mass is 300 g/mol. The molecule has 0 bridgehead atoms. The van der Waals surface area contributed by atoms with Gasteiger partial charge in [-0.15, -0.1) is 11.8 Å². The van der Waals surface area contributed by atoms with Crippen molar-refractivity contribution in [3.63, 3.8) is 0 Å². The van der Waals surface area contributed by atoms with E-state index in [1.54, 1.807) is 16.7 Å². The van der Waals surface area contributed by atoms with Gasteiger partial charge in [-0.05, 0) is 25.2 Å². The number of carbonyl (C=O) groups is 2. The molecule has 6 heteroatoms. The van der Waals surface area contributed by atoms with Crippen LogP contribution in [0.5, 0.6) is 0 Å². The summed E-state index contributed by atoms with van der Waals surface area (Å²) in [7, 11) is 0. The summed E-state index contributed by atoms with van der Waals surface area (Å²) >= 11 is 1.60. The van der Waals surface area contributed by atoms with E-state index in [0.29, 0.717) is 11.7 Å². The molecule has 114 valence electrons. The van der Waals surface area contributed by atoms with Crippen LogP contribution in [0.15, 0.2) is 0 Å². The van der Waals surface area contributed by atoms with Crippen molar-refractivity contribution < 1.29 is 14.7 Å². The third kappa shape index (κ3) is 3.22. The van der Waals surface area contributed by atoms with Crippen LogP contribution in [0, 0.1) is 5.92 Å². The quantitative estimate of drug-likeness (QED) is 0.870. The lowest BCUT2D eigenvalue weighted by Gasteiger charge is -2.37. The molecule has 5 nitrogen and oxygen atoms in total. The third-order valence-corrected chi connectivity index (χ3v) is 5.42. The molecule has 0 radical (unpaired) electrons. The second kappa shape index (κ2) is 6.70. The zero-order chi connectivity index (χ0) is 14.7. The summed E-state index contributed by atoms with van der Waals surface area (Å²) in [4.78, 5) is 27.6. The minimum atomic E-state index is -0.880. The lowest BCUT2D eigenvalue weighted by molar-refractivity contribution is -0.141. The maximum atomic E-state index is 12.7. The first-order chi connectivity index (χ1) is 9.54. The van der Waals surface area contributed by atoms with Crippen molar-refractivity contribution in [1.29, 1.82) is 0 Å². The Kier molecular flexibility index (Phi) is 5.18. The van der Waals surface area contributed by atoms with E-state index >= 15 is 0 Å². The Hall–Kier alpha value is -0.910. The number of rotatable bonds is 3. The third-order valence-electron chi connectivity index (χ3n) is 4.06. The molecule has 0 aromatic heterocycles. The number of urea groups is 1. The van der Waals surface area contributed by atoms with Crippen molar-refractivity contribution in [2.45, 2.75) is 50.9 Å². The van der Waals surface area contributed by atoms with Crippen LogP contribution >= 0.6 is 11.8 Å². The van der Waals surface area contributed by atoms with Gasteiger partial charge in [-0.1, -0.05) is 20.3 Å². The van der Waals surface area contributed by atoms with Crippen LogP contribution in [0.1, 0.15) is 39.5 Å². The minimum Gasteiger partial charge on any atom is -0.480 e. The van der Waals surface area contributed by atoms with Crippen LogP contribution in [0.3, 0.4) is 0 Å². The minimum absolute atomic E-state index is 0.0193. The second-order valence-electron chi connectivity index (χ2n) is 5.81. The highest BCUT2D eigenvalue weighted by Crippen LogP contribution is 2.33. The molecule has 2 aliphatic rings. The van der Waals surface area contributed by atoms with Gasteiger partial charge in [0, 0.05) is 18.8 Å². The molecule has 1 N–H and O–H groups in total. The molecule has 20 heavy (non-hydrogen) atoms. The Morgan fingerprint density at radius 2 is 2.15 bits per heavy atom. The van der Waals surface area contributed by atoms with Gasteiger partial charge in [0.05, 0.1) is 5.37 Å². The fourth-order valence-corrected chi connectivity index (χ4v) is 4.51. The number of nitrogens with zero attached hydrogens (tertiary/aromatic N) is 2. The molecular formula is C14H24N2O3S. The Bertz CT molecular complexity index is 377. The summed E-state index contributed by atoms with van der Waals surface area (Å²) in [6, 6.07) is -0.742. The number of aliphatic carboxylic acids is 1. The average Bonchev–Trinajstić information content (AvgIpc) is 2.82. The van der Waals surface area contributed by atoms with E-state index in [0.717, 1.165) is 38.8 Å². The van der Waals surface area contributed by atoms with Gasteiger partial charge in [0.25, 0.3) is 0 Å². The van der Waals surface area contributed by atoms with Crippen molar-refractivity contribution in [2.75, 3.05) is 18.8 Å². The average molecular weight is 300 g/mol. The Morgan fingerprint density at radius 1 is 1.40 bits per heavy atom. The summed E-state index contributed by atoms with van der Waals surface area (Å²) in [6.45, 7) is 5.73. The van der Waals surface area contributed by atoms with Crippen LogP contribution in [-0.4, -0.2) is 57.2 Å². The number of carbonyl (C=O) groups excluding carboxylic acids is 1. The van der Waals surface area contributed by atoms with Crippen LogP contribution in [0.2, 0.25) is 0 Å². The molecule has 2 aliphatic heterocycles. The van der Waals surface area contributed by atoms with E-state index in [1.165, 1.54) is 0 Å². The highest BCUT2D eigenvalue weighted by Gasteiger charge is 2.43. The summed E-state index contributed by atoms with van der Waals surface area (Å²) in [5.74, 6) is 0.139. The van der Waals surface area contributed by atoms with Gasteiger partial charge in [-0.3, -0.25) is 4.90 Å². The largest absolute Gasteiger partial charge is 0.480 e. The van der Waals surface area contributed by atoms with E-state index in [1.807, 2.05) is 4.90 Å². The highest BCUT2D eigenvalue weighted by molar-refractivity contribution is 8.00. The summed E-state index contributed by atoms with van der Waals surface area (Å²) in [5, 5.41) is 9.36. The number of likely N-dealkylation sites (tertiary alicyclic amines) is 1. The van der Waals surface area contributed by atoms with Crippen LogP contribution in [-0.2, 0) is 4.79 Å². The number of carboxylic acids is 1. The van der Waals surface area contributed by atoms with Crippen LogP contribution in [0.25, 0.3) is 0 Å². The molecule has 0 aromatic rings. The SMILES string of the molecule is CCCC1SCC(C(=O)O)N1C(=O)N1CCCC(C)C1. The van der Waals surface area contributed by atoms with Gasteiger partial charge < -0.3 is 10.0 Å². The van der Waals surface area contributed by atoms with Crippen molar-refractivity contribution in [2.24, 2.45) is 5.92 Å². The molecule has 3 unspecified atom stereocenters. The van der Waals surface area contributed by atoms with Gasteiger partial charge in [0.1, 0.15) is 6.04 Å².